The number of halogens is 2. The van der Waals surface area contributed by atoms with Crippen LogP contribution in [0.5, 0.6) is 0 Å². The lowest BCUT2D eigenvalue weighted by Crippen LogP contribution is -2.37. The highest BCUT2D eigenvalue weighted by Gasteiger charge is 2.41. The van der Waals surface area contributed by atoms with Crippen LogP contribution in [0.15, 0.2) is 70.4 Å². The van der Waals surface area contributed by atoms with Crippen LogP contribution in [0.4, 0.5) is 0 Å². The Bertz CT molecular complexity index is 1270. The first-order valence-corrected chi connectivity index (χ1v) is 10.9. The van der Waals surface area contributed by atoms with Crippen molar-refractivity contribution < 1.29 is 23.8 Å². The number of rotatable bonds is 6. The second-order valence-corrected chi connectivity index (χ2v) is 8.28. The van der Waals surface area contributed by atoms with Crippen LogP contribution in [0.2, 0.25) is 10.0 Å². The van der Waals surface area contributed by atoms with Crippen LogP contribution in [0.3, 0.4) is 0 Å². The zero-order chi connectivity index (χ0) is 24.2. The predicted octanol–water partition coefficient (Wildman–Crippen LogP) is 3.21. The van der Waals surface area contributed by atoms with Crippen LogP contribution in [0.1, 0.15) is 33.4 Å². The van der Waals surface area contributed by atoms with Crippen LogP contribution in [0, 0.1) is 0 Å². The number of esters is 2. The van der Waals surface area contributed by atoms with E-state index in [1.165, 1.54) is 36.5 Å². The lowest BCUT2D eigenvalue weighted by molar-refractivity contribution is -0.0589. The summed E-state index contributed by atoms with van der Waals surface area (Å²) < 4.78 is 17.6. The molecule has 0 amide bonds. The van der Waals surface area contributed by atoms with Gasteiger partial charge in [0.1, 0.15) is 25.0 Å². The van der Waals surface area contributed by atoms with Gasteiger partial charge in [0, 0.05) is 28.7 Å². The number of hydrogen-bond acceptors (Lipinski definition) is 7. The van der Waals surface area contributed by atoms with E-state index >= 15 is 0 Å². The van der Waals surface area contributed by atoms with Gasteiger partial charge >= 0.3 is 17.6 Å². The Morgan fingerprint density at radius 2 is 1.53 bits per heavy atom. The maximum atomic E-state index is 12.6. The highest BCUT2D eigenvalue weighted by Crippen LogP contribution is 2.30. The molecule has 3 atom stereocenters. The van der Waals surface area contributed by atoms with Crippen molar-refractivity contribution in [3.63, 3.8) is 0 Å². The van der Waals surface area contributed by atoms with Gasteiger partial charge < -0.3 is 19.2 Å². The molecule has 34 heavy (non-hydrogen) atoms. The molecule has 0 spiro atoms. The zero-order valence-electron chi connectivity index (χ0n) is 17.5. The van der Waals surface area contributed by atoms with Gasteiger partial charge in [-0.3, -0.25) is 4.79 Å². The first kappa shape index (κ1) is 23.7. The Balaban J connectivity index is 1.52. The minimum Gasteiger partial charge on any atom is -0.459 e. The van der Waals surface area contributed by atoms with Gasteiger partial charge in [-0.2, -0.15) is 0 Å². The lowest BCUT2D eigenvalue weighted by atomic mass is 10.1. The summed E-state index contributed by atoms with van der Waals surface area (Å²) in [6.07, 6.45) is -1.64. The van der Waals surface area contributed by atoms with Crippen molar-refractivity contribution >= 4 is 35.1 Å². The third kappa shape index (κ3) is 5.39. The smallest absolute Gasteiger partial charge is 0.338 e. The van der Waals surface area contributed by atoms with E-state index < -0.39 is 41.6 Å². The quantitative estimate of drug-likeness (QED) is 0.512. The zero-order valence-corrected chi connectivity index (χ0v) is 19.0. The summed E-state index contributed by atoms with van der Waals surface area (Å²) in [5.41, 5.74) is -0.752. The topological polar surface area (TPSA) is 117 Å². The highest BCUT2D eigenvalue weighted by molar-refractivity contribution is 6.31. The fraction of sp³-hybridized carbons (Fsp3) is 0.217. The van der Waals surface area contributed by atoms with E-state index in [0.29, 0.717) is 10.0 Å². The van der Waals surface area contributed by atoms with Gasteiger partial charge in [-0.25, -0.2) is 19.0 Å². The molecule has 0 bridgehead atoms. The summed E-state index contributed by atoms with van der Waals surface area (Å²) in [5.74, 6) is -1.30. The molecule has 1 N–H and O–H groups in total. The average molecular weight is 505 g/mol. The number of carbonyl (C=O) groups excluding carboxylic acids is 2. The first-order chi connectivity index (χ1) is 16.3. The third-order valence-electron chi connectivity index (χ3n) is 5.15. The summed E-state index contributed by atoms with van der Waals surface area (Å²) in [5, 5.41) is 0.918. The molecule has 2 aromatic carbocycles. The largest absolute Gasteiger partial charge is 0.459 e. The van der Waals surface area contributed by atoms with Crippen molar-refractivity contribution in [3.8, 4) is 0 Å². The normalized spacial score (nSPS) is 19.5. The molecule has 0 aliphatic carbocycles. The van der Waals surface area contributed by atoms with Crippen molar-refractivity contribution in [1.82, 2.24) is 9.55 Å². The van der Waals surface area contributed by atoms with E-state index in [1.807, 2.05) is 0 Å². The fourth-order valence-corrected chi connectivity index (χ4v) is 3.71. The fourth-order valence-electron chi connectivity index (χ4n) is 3.46. The predicted molar refractivity (Wildman–Crippen MR) is 122 cm³/mol. The molecule has 3 aromatic rings. The molecule has 0 saturated carbocycles. The molecular weight excluding hydrogens is 487 g/mol. The number of nitrogens with zero attached hydrogens (tertiary/aromatic N) is 1. The van der Waals surface area contributed by atoms with E-state index in [2.05, 4.69) is 4.98 Å². The number of aromatic amines is 1. The second kappa shape index (κ2) is 10.3. The van der Waals surface area contributed by atoms with Gasteiger partial charge in [0.05, 0.1) is 11.1 Å². The molecule has 1 aliphatic heterocycles. The first-order valence-electron chi connectivity index (χ1n) is 10.2. The van der Waals surface area contributed by atoms with Gasteiger partial charge in [-0.1, -0.05) is 23.2 Å². The van der Waals surface area contributed by atoms with E-state index in [-0.39, 0.29) is 24.2 Å². The van der Waals surface area contributed by atoms with Gasteiger partial charge in [0.25, 0.3) is 5.56 Å². The molecule has 176 valence electrons. The van der Waals surface area contributed by atoms with Crippen LogP contribution in [-0.2, 0) is 14.2 Å². The SMILES string of the molecule is O=C(OC[C@H]1O[C@H](n2c(=O)cc[nH]c2=O)C[C@H]1OC(=O)c1ccc(Cl)cc1)c1ccc(Cl)cc1. The second-order valence-electron chi connectivity index (χ2n) is 7.41. The molecule has 1 aromatic heterocycles. The van der Waals surface area contributed by atoms with Gasteiger partial charge in [-0.05, 0) is 48.5 Å². The summed E-state index contributed by atoms with van der Waals surface area (Å²) in [6, 6.07) is 13.4. The number of carbonyl (C=O) groups is 2. The minimum atomic E-state index is -1.03. The maximum Gasteiger partial charge on any atom is 0.338 e. The molecule has 0 unspecified atom stereocenters. The summed E-state index contributed by atoms with van der Waals surface area (Å²) >= 11 is 11.7. The molecule has 9 nitrogen and oxygen atoms in total. The Hall–Kier alpha value is -3.40. The number of aromatic nitrogens is 2. The summed E-state index contributed by atoms with van der Waals surface area (Å²) in [7, 11) is 0. The molecule has 1 aliphatic rings. The maximum absolute atomic E-state index is 12.6. The van der Waals surface area contributed by atoms with Crippen LogP contribution in [0.25, 0.3) is 0 Å². The molecule has 4 rings (SSSR count). The highest BCUT2D eigenvalue weighted by atomic mass is 35.5. The standard InChI is InChI=1S/C23H18Cl2N2O7/c24-15-5-1-13(2-6-15)21(29)32-12-18-17(34-22(30)14-3-7-16(25)8-4-14)11-20(33-18)27-19(28)9-10-26-23(27)31/h1-10,17-18,20H,11-12H2,(H,26,31)/t17-,18-,20+/m1/s1. The van der Waals surface area contributed by atoms with Crippen molar-refractivity contribution in [2.24, 2.45) is 0 Å². The van der Waals surface area contributed by atoms with Gasteiger partial charge in [-0.15, -0.1) is 0 Å². The van der Waals surface area contributed by atoms with Crippen LogP contribution in [-0.4, -0.2) is 40.3 Å². The van der Waals surface area contributed by atoms with Gasteiger partial charge in [0.15, 0.2) is 0 Å². The Morgan fingerprint density at radius 1 is 0.941 bits per heavy atom. The van der Waals surface area contributed by atoms with Crippen LogP contribution < -0.4 is 11.2 Å². The van der Waals surface area contributed by atoms with Gasteiger partial charge in [0.2, 0.25) is 0 Å². The average Bonchev–Trinajstić information content (AvgIpc) is 3.20. The number of hydrogen-bond donors (Lipinski definition) is 1. The van der Waals surface area contributed by atoms with E-state index in [9.17, 15) is 19.2 Å². The number of H-pyrrole nitrogens is 1. The molecule has 11 heteroatoms. The van der Waals surface area contributed by atoms with Crippen molar-refractivity contribution in [3.05, 3.63) is 103 Å². The molecule has 1 fully saturated rings. The monoisotopic (exact) mass is 504 g/mol. The summed E-state index contributed by atoms with van der Waals surface area (Å²) in [4.78, 5) is 51.9. The molecule has 1 saturated heterocycles. The van der Waals surface area contributed by atoms with E-state index in [4.69, 9.17) is 37.4 Å². The summed E-state index contributed by atoms with van der Waals surface area (Å²) in [6.45, 7) is -0.282. The number of ether oxygens (including phenoxy) is 3. The molecular formula is C23H18Cl2N2O7. The molecule has 0 radical (unpaired) electrons. The van der Waals surface area contributed by atoms with E-state index in [1.54, 1.807) is 24.3 Å². The Kier molecular flexibility index (Phi) is 7.16. The van der Waals surface area contributed by atoms with Crippen molar-refractivity contribution in [1.29, 1.82) is 0 Å². The molecule has 2 heterocycles. The van der Waals surface area contributed by atoms with Crippen LogP contribution >= 0.6 is 23.2 Å². The number of nitrogens with one attached hydrogen (secondary N) is 1. The third-order valence-corrected chi connectivity index (χ3v) is 5.66. The number of benzene rings is 2. The van der Waals surface area contributed by atoms with Crippen molar-refractivity contribution in [2.75, 3.05) is 6.61 Å². The Morgan fingerprint density at radius 3 is 2.12 bits per heavy atom. The lowest BCUT2D eigenvalue weighted by Gasteiger charge is -2.19. The van der Waals surface area contributed by atoms with E-state index in [0.717, 1.165) is 4.57 Å². The minimum absolute atomic E-state index is 0.00447. The Labute approximate surface area is 202 Å². The van der Waals surface area contributed by atoms with Crippen molar-refractivity contribution in [2.45, 2.75) is 24.9 Å².